The van der Waals surface area contributed by atoms with Crippen molar-refractivity contribution < 1.29 is 14.3 Å². The Morgan fingerprint density at radius 2 is 1.95 bits per heavy atom. The van der Waals surface area contributed by atoms with E-state index in [9.17, 15) is 4.79 Å². The highest BCUT2D eigenvalue weighted by atomic mass is 79.9. The highest BCUT2D eigenvalue weighted by molar-refractivity contribution is 9.10. The summed E-state index contributed by atoms with van der Waals surface area (Å²) in [5.74, 6) is 1.30. The van der Waals surface area contributed by atoms with E-state index in [-0.39, 0.29) is 5.91 Å². The van der Waals surface area contributed by atoms with E-state index in [0.717, 1.165) is 16.5 Å². The normalized spacial score (nSPS) is 10.4. The maximum absolute atomic E-state index is 12.1. The van der Waals surface area contributed by atoms with Crippen LogP contribution in [-0.2, 0) is 13.5 Å². The molecular weight excluding hydrogens is 348 g/mol. The Hall–Kier alpha value is -1.95. The summed E-state index contributed by atoms with van der Waals surface area (Å²) in [4.78, 5) is 12.1. The molecule has 6 heteroatoms. The van der Waals surface area contributed by atoms with Gasteiger partial charge in [0.25, 0.3) is 5.91 Å². The number of aryl methyl sites for hydroxylation is 1. The van der Waals surface area contributed by atoms with E-state index in [1.54, 1.807) is 24.9 Å². The number of hydrogen-bond donors (Lipinski definition) is 1. The number of carbonyl (C=O) groups excluding carboxylic acids is 1. The molecular formula is C16H19BrN2O3. The minimum absolute atomic E-state index is 0.0892. The van der Waals surface area contributed by atoms with Crippen LogP contribution in [0.1, 0.15) is 16.1 Å². The summed E-state index contributed by atoms with van der Waals surface area (Å²) in [6.45, 7) is 0.553. The van der Waals surface area contributed by atoms with Gasteiger partial charge in [0, 0.05) is 24.3 Å². The number of benzene rings is 1. The molecule has 0 aliphatic rings. The van der Waals surface area contributed by atoms with Crippen LogP contribution in [0.25, 0.3) is 0 Å². The minimum Gasteiger partial charge on any atom is -0.493 e. The first-order chi connectivity index (χ1) is 10.5. The van der Waals surface area contributed by atoms with Crippen LogP contribution in [-0.4, -0.2) is 31.2 Å². The fourth-order valence-electron chi connectivity index (χ4n) is 2.20. The zero-order valence-electron chi connectivity index (χ0n) is 12.9. The third-order valence-electron chi connectivity index (χ3n) is 3.35. The average molecular weight is 367 g/mol. The van der Waals surface area contributed by atoms with Crippen molar-refractivity contribution in [1.29, 1.82) is 0 Å². The molecule has 0 saturated heterocycles. The zero-order chi connectivity index (χ0) is 16.1. The third kappa shape index (κ3) is 3.82. The topological polar surface area (TPSA) is 52.5 Å². The summed E-state index contributed by atoms with van der Waals surface area (Å²) in [5.41, 5.74) is 1.70. The molecule has 0 bridgehead atoms. The summed E-state index contributed by atoms with van der Waals surface area (Å²) >= 11 is 3.36. The quantitative estimate of drug-likeness (QED) is 0.854. The Morgan fingerprint density at radius 1 is 1.23 bits per heavy atom. The van der Waals surface area contributed by atoms with Gasteiger partial charge in [-0.3, -0.25) is 4.79 Å². The van der Waals surface area contributed by atoms with Crippen molar-refractivity contribution in [3.8, 4) is 11.5 Å². The zero-order valence-corrected chi connectivity index (χ0v) is 14.4. The Morgan fingerprint density at radius 3 is 2.55 bits per heavy atom. The second kappa shape index (κ2) is 7.35. The molecule has 1 aromatic carbocycles. The van der Waals surface area contributed by atoms with Crippen molar-refractivity contribution in [2.24, 2.45) is 7.05 Å². The SMILES string of the molecule is COc1ccc(CCNC(=O)c2cc(Br)cn2C)cc1OC. The lowest BCUT2D eigenvalue weighted by molar-refractivity contribution is 0.0946. The van der Waals surface area contributed by atoms with E-state index in [2.05, 4.69) is 21.2 Å². The van der Waals surface area contributed by atoms with Crippen LogP contribution in [0, 0.1) is 0 Å². The van der Waals surface area contributed by atoms with Crippen LogP contribution in [0.15, 0.2) is 34.9 Å². The van der Waals surface area contributed by atoms with E-state index in [1.165, 1.54) is 0 Å². The van der Waals surface area contributed by atoms with Crippen molar-refractivity contribution in [1.82, 2.24) is 9.88 Å². The standard InChI is InChI=1S/C16H19BrN2O3/c1-19-10-12(17)9-13(19)16(20)18-7-6-11-4-5-14(21-2)15(8-11)22-3/h4-5,8-10H,6-7H2,1-3H3,(H,18,20). The first kappa shape index (κ1) is 16.4. The molecule has 0 saturated carbocycles. The Labute approximate surface area is 138 Å². The van der Waals surface area contributed by atoms with E-state index < -0.39 is 0 Å². The number of ether oxygens (including phenoxy) is 2. The van der Waals surface area contributed by atoms with Gasteiger partial charge in [0.2, 0.25) is 0 Å². The number of carbonyl (C=O) groups is 1. The highest BCUT2D eigenvalue weighted by Gasteiger charge is 2.10. The van der Waals surface area contributed by atoms with Crippen LogP contribution in [0.5, 0.6) is 11.5 Å². The number of nitrogens with one attached hydrogen (secondary N) is 1. The molecule has 1 N–H and O–H groups in total. The van der Waals surface area contributed by atoms with Gasteiger partial charge in [-0.15, -0.1) is 0 Å². The largest absolute Gasteiger partial charge is 0.493 e. The molecule has 0 spiro atoms. The molecule has 0 fully saturated rings. The monoisotopic (exact) mass is 366 g/mol. The number of hydrogen-bond acceptors (Lipinski definition) is 3. The first-order valence-electron chi connectivity index (χ1n) is 6.86. The first-order valence-corrected chi connectivity index (χ1v) is 7.65. The van der Waals surface area contributed by atoms with Gasteiger partial charge in [0.05, 0.1) is 14.2 Å². The second-order valence-electron chi connectivity index (χ2n) is 4.85. The maximum Gasteiger partial charge on any atom is 0.267 e. The molecule has 2 rings (SSSR count). The van der Waals surface area contributed by atoms with Gasteiger partial charge in [-0.2, -0.15) is 0 Å². The van der Waals surface area contributed by atoms with Crippen LogP contribution in [0.3, 0.4) is 0 Å². The fourth-order valence-corrected chi connectivity index (χ4v) is 2.72. The smallest absolute Gasteiger partial charge is 0.267 e. The van der Waals surface area contributed by atoms with Gasteiger partial charge in [0.1, 0.15) is 5.69 Å². The van der Waals surface area contributed by atoms with Crippen molar-refractivity contribution in [3.05, 3.63) is 46.2 Å². The second-order valence-corrected chi connectivity index (χ2v) is 5.77. The number of rotatable bonds is 6. The Balaban J connectivity index is 1.93. The Bertz CT molecular complexity index is 667. The molecule has 0 radical (unpaired) electrons. The number of amides is 1. The number of methoxy groups -OCH3 is 2. The van der Waals surface area contributed by atoms with Crippen molar-refractivity contribution in [3.63, 3.8) is 0 Å². The molecule has 1 amide bonds. The lowest BCUT2D eigenvalue weighted by Gasteiger charge is -2.10. The lowest BCUT2D eigenvalue weighted by atomic mass is 10.1. The molecule has 1 heterocycles. The third-order valence-corrected chi connectivity index (χ3v) is 3.79. The van der Waals surface area contributed by atoms with Crippen molar-refractivity contribution in [2.45, 2.75) is 6.42 Å². The fraction of sp³-hybridized carbons (Fsp3) is 0.312. The number of halogens is 1. The van der Waals surface area contributed by atoms with Gasteiger partial charge in [-0.1, -0.05) is 6.07 Å². The van der Waals surface area contributed by atoms with Crippen LogP contribution < -0.4 is 14.8 Å². The molecule has 22 heavy (non-hydrogen) atoms. The number of nitrogens with zero attached hydrogens (tertiary/aromatic N) is 1. The van der Waals surface area contributed by atoms with E-state index in [1.807, 2.05) is 31.4 Å². The highest BCUT2D eigenvalue weighted by Crippen LogP contribution is 2.27. The van der Waals surface area contributed by atoms with E-state index >= 15 is 0 Å². The average Bonchev–Trinajstić information content (AvgIpc) is 2.85. The van der Waals surface area contributed by atoms with E-state index in [0.29, 0.717) is 23.7 Å². The number of aromatic nitrogens is 1. The van der Waals surface area contributed by atoms with Gasteiger partial charge in [-0.25, -0.2) is 0 Å². The molecule has 0 unspecified atom stereocenters. The van der Waals surface area contributed by atoms with Gasteiger partial charge in [-0.05, 0) is 46.1 Å². The predicted octanol–water partition coefficient (Wildman–Crippen LogP) is 2.78. The summed E-state index contributed by atoms with van der Waals surface area (Å²) in [5, 5.41) is 2.92. The predicted molar refractivity (Wildman–Crippen MR) is 88.7 cm³/mol. The maximum atomic E-state index is 12.1. The van der Waals surface area contributed by atoms with Crippen LogP contribution in [0.2, 0.25) is 0 Å². The summed E-state index contributed by atoms with van der Waals surface area (Å²) in [6.07, 6.45) is 2.57. The van der Waals surface area contributed by atoms with Gasteiger partial charge >= 0.3 is 0 Å². The summed E-state index contributed by atoms with van der Waals surface area (Å²) in [7, 11) is 5.06. The van der Waals surface area contributed by atoms with Gasteiger partial charge in [0.15, 0.2) is 11.5 Å². The molecule has 118 valence electrons. The molecule has 0 aliphatic carbocycles. The molecule has 0 atom stereocenters. The van der Waals surface area contributed by atoms with Crippen LogP contribution >= 0.6 is 15.9 Å². The Kier molecular flexibility index (Phi) is 5.49. The van der Waals surface area contributed by atoms with Crippen LogP contribution in [0.4, 0.5) is 0 Å². The summed E-state index contributed by atoms with van der Waals surface area (Å²) < 4.78 is 13.2. The molecule has 5 nitrogen and oxygen atoms in total. The van der Waals surface area contributed by atoms with Crippen molar-refractivity contribution in [2.75, 3.05) is 20.8 Å². The van der Waals surface area contributed by atoms with Crippen molar-refractivity contribution >= 4 is 21.8 Å². The molecule has 2 aromatic rings. The molecule has 0 aliphatic heterocycles. The lowest BCUT2D eigenvalue weighted by Crippen LogP contribution is -2.27. The minimum atomic E-state index is -0.0892. The summed E-state index contributed by atoms with van der Waals surface area (Å²) in [6, 6.07) is 7.55. The van der Waals surface area contributed by atoms with E-state index in [4.69, 9.17) is 9.47 Å². The molecule has 1 aromatic heterocycles. The van der Waals surface area contributed by atoms with Gasteiger partial charge < -0.3 is 19.4 Å².